The molecule has 2 rings (SSSR count). The number of allylic oxidation sites excluding steroid dienone is 2. The van der Waals surface area contributed by atoms with Gasteiger partial charge in [-0.05, 0) is 44.5 Å². The number of nitrogens with zero attached hydrogens (tertiary/aromatic N) is 1. The number of aryl methyl sites for hydroxylation is 1. The molecule has 1 fully saturated rings. The molecule has 1 saturated heterocycles. The van der Waals surface area contributed by atoms with Gasteiger partial charge in [-0.2, -0.15) is 0 Å². The zero-order chi connectivity index (χ0) is 27.7. The van der Waals surface area contributed by atoms with Crippen molar-refractivity contribution in [2.45, 2.75) is 80.1 Å². The van der Waals surface area contributed by atoms with Crippen molar-refractivity contribution in [3.05, 3.63) is 66.4 Å². The van der Waals surface area contributed by atoms with E-state index in [1.165, 1.54) is 7.05 Å². The van der Waals surface area contributed by atoms with Crippen molar-refractivity contribution in [1.29, 1.82) is 0 Å². The molecule has 0 radical (unpaired) electrons. The smallest absolute Gasteiger partial charge is 0.321 e. The third-order valence-corrected chi connectivity index (χ3v) is 5.31. The van der Waals surface area contributed by atoms with Crippen molar-refractivity contribution < 1.29 is 13.2 Å². The van der Waals surface area contributed by atoms with Crippen LogP contribution in [0.4, 0.5) is 4.79 Å². The monoisotopic (exact) mass is 497 g/mol. The van der Waals surface area contributed by atoms with Crippen molar-refractivity contribution >= 4 is 16.1 Å². The first-order valence-electron chi connectivity index (χ1n) is 12.1. The molecule has 1 aromatic rings. The second-order valence-electron chi connectivity index (χ2n) is 6.05. The Morgan fingerprint density at radius 3 is 1.97 bits per heavy atom. The molecule has 1 aromatic carbocycles. The van der Waals surface area contributed by atoms with Gasteiger partial charge in [0.2, 0.25) is 10.0 Å². The van der Waals surface area contributed by atoms with Crippen LogP contribution in [0.15, 0.2) is 65.7 Å². The molecule has 0 unspecified atom stereocenters. The number of sulfonamides is 1. The van der Waals surface area contributed by atoms with Crippen LogP contribution >= 0.6 is 0 Å². The summed E-state index contributed by atoms with van der Waals surface area (Å²) in [4.78, 5) is 13.0. The number of amides is 2. The van der Waals surface area contributed by atoms with E-state index in [0.717, 1.165) is 29.7 Å². The van der Waals surface area contributed by atoms with E-state index in [2.05, 4.69) is 23.2 Å². The molecule has 0 aromatic heterocycles. The Hall–Kier alpha value is -2.38. The van der Waals surface area contributed by atoms with E-state index < -0.39 is 10.0 Å². The van der Waals surface area contributed by atoms with Gasteiger partial charge in [0.15, 0.2) is 0 Å². The molecule has 0 aliphatic carbocycles. The molecular formula is C27H51N3O3S. The Bertz CT molecular complexity index is 801. The molecular weight excluding hydrogens is 446 g/mol. The molecule has 0 spiro atoms. The zero-order valence-electron chi connectivity index (χ0n) is 23.6. The number of hydrogen-bond acceptors (Lipinski definition) is 3. The van der Waals surface area contributed by atoms with Crippen LogP contribution < -0.4 is 10.0 Å². The van der Waals surface area contributed by atoms with Crippen molar-refractivity contribution in [1.82, 2.24) is 14.9 Å². The van der Waals surface area contributed by atoms with E-state index in [0.29, 0.717) is 11.4 Å². The highest BCUT2D eigenvalue weighted by Crippen LogP contribution is 2.16. The van der Waals surface area contributed by atoms with Crippen LogP contribution in [0.25, 0.3) is 0 Å². The number of nitrogens with one attached hydrogen (secondary N) is 2. The van der Waals surface area contributed by atoms with E-state index >= 15 is 0 Å². The minimum absolute atomic E-state index is 0.0828. The Morgan fingerprint density at radius 2 is 1.56 bits per heavy atom. The minimum Gasteiger partial charge on any atom is -0.323 e. The molecule has 34 heavy (non-hydrogen) atoms. The fraction of sp³-hybridized carbons (Fsp3) is 0.519. The van der Waals surface area contributed by atoms with Gasteiger partial charge in [0.05, 0.1) is 4.90 Å². The normalized spacial score (nSPS) is 12.9. The number of carbonyl (C=O) groups is 1. The minimum atomic E-state index is -3.30. The topological polar surface area (TPSA) is 78.5 Å². The van der Waals surface area contributed by atoms with Gasteiger partial charge in [0.25, 0.3) is 0 Å². The van der Waals surface area contributed by atoms with Crippen LogP contribution in [0, 0.1) is 0 Å². The quantitative estimate of drug-likeness (QED) is 0.443. The molecule has 2 amide bonds. The highest BCUT2D eigenvalue weighted by Gasteiger charge is 2.18. The van der Waals surface area contributed by atoms with Crippen molar-refractivity contribution in [3.63, 3.8) is 0 Å². The van der Waals surface area contributed by atoms with Gasteiger partial charge in [-0.3, -0.25) is 0 Å². The highest BCUT2D eigenvalue weighted by atomic mass is 32.2. The molecule has 1 aliphatic heterocycles. The van der Waals surface area contributed by atoms with Gasteiger partial charge < -0.3 is 10.2 Å². The molecule has 1 heterocycles. The van der Waals surface area contributed by atoms with Crippen molar-refractivity contribution in [2.24, 2.45) is 0 Å². The number of urea groups is 1. The number of hydrogen-bond donors (Lipinski definition) is 2. The summed E-state index contributed by atoms with van der Waals surface area (Å²) in [7, 11) is -0.117. The first kappa shape index (κ1) is 38.9. The Balaban J connectivity index is -0.000000200. The molecule has 6 nitrogen and oxygen atoms in total. The zero-order valence-corrected chi connectivity index (χ0v) is 24.4. The van der Waals surface area contributed by atoms with E-state index in [9.17, 15) is 13.2 Å². The number of carbonyl (C=O) groups excluding carboxylic acids is 1. The average Bonchev–Trinajstić information content (AvgIpc) is 2.86. The Labute approximate surface area is 211 Å². The van der Waals surface area contributed by atoms with Gasteiger partial charge >= 0.3 is 6.03 Å². The number of rotatable bonds is 4. The van der Waals surface area contributed by atoms with Crippen molar-refractivity contribution in [3.8, 4) is 0 Å². The lowest BCUT2D eigenvalue weighted by Gasteiger charge is -2.27. The standard InChI is InChI=1S/C10H15NO2S.C8H12N2O.C3H6.3C2H6/c1-3-6-9-7-4-5-8-10(9)14(12,13)11-2;1-4-7-5-10(3)8(11)9-6(7)2;1-3-2;3*1-2/h4-5,7-8,11H,3,6H2,1-2H3;4H,2,5H2,1,3H3,(H,9,11);3H,1H2,2H3;3*1-2H3/b;7-4-;;;;. The maximum absolute atomic E-state index is 11.6. The lowest BCUT2D eigenvalue weighted by Crippen LogP contribution is -2.43. The molecule has 1 aliphatic rings. The summed E-state index contributed by atoms with van der Waals surface area (Å²) in [5.41, 5.74) is 2.67. The summed E-state index contributed by atoms with van der Waals surface area (Å²) in [5.74, 6) is 0. The van der Waals surface area contributed by atoms with Gasteiger partial charge in [-0.25, -0.2) is 17.9 Å². The lowest BCUT2D eigenvalue weighted by molar-refractivity contribution is 0.211. The maximum atomic E-state index is 11.6. The Morgan fingerprint density at radius 1 is 1.09 bits per heavy atom. The number of benzene rings is 1. The summed E-state index contributed by atoms with van der Waals surface area (Å²) >= 11 is 0. The molecule has 0 atom stereocenters. The van der Waals surface area contributed by atoms with Gasteiger partial charge in [0.1, 0.15) is 0 Å². The highest BCUT2D eigenvalue weighted by molar-refractivity contribution is 7.89. The summed E-state index contributed by atoms with van der Waals surface area (Å²) in [6.07, 6.45) is 5.44. The van der Waals surface area contributed by atoms with Crippen LogP contribution in [0.1, 0.15) is 74.3 Å². The summed E-state index contributed by atoms with van der Waals surface area (Å²) < 4.78 is 25.5. The summed E-state index contributed by atoms with van der Waals surface area (Å²) in [6.45, 7) is 25.6. The van der Waals surface area contributed by atoms with E-state index in [1.54, 1.807) is 30.2 Å². The van der Waals surface area contributed by atoms with Crippen LogP contribution in [0.3, 0.4) is 0 Å². The van der Waals surface area contributed by atoms with Gasteiger partial charge in [0, 0.05) is 19.3 Å². The molecule has 0 saturated carbocycles. The Kier molecular flexibility index (Phi) is 28.9. The number of likely N-dealkylation sites (N-methyl/N-ethyl adjacent to an activating group) is 1. The SMILES string of the molecule is C=C1NC(=O)N(C)C/C1=C/C.C=CC.CC.CC.CC.CCCc1ccccc1S(=O)(=O)NC. The van der Waals surface area contributed by atoms with Gasteiger partial charge in [-0.15, -0.1) is 6.58 Å². The third kappa shape index (κ3) is 16.3. The fourth-order valence-corrected chi connectivity index (χ4v) is 3.34. The van der Waals surface area contributed by atoms with E-state index in [-0.39, 0.29) is 6.03 Å². The average molecular weight is 498 g/mol. The second kappa shape index (κ2) is 25.2. The molecule has 7 heteroatoms. The predicted octanol–water partition coefficient (Wildman–Crippen LogP) is 6.92. The van der Waals surface area contributed by atoms with E-state index in [1.807, 2.05) is 80.5 Å². The molecule has 198 valence electrons. The lowest BCUT2D eigenvalue weighted by atomic mass is 10.1. The summed E-state index contributed by atoms with van der Waals surface area (Å²) in [6, 6.07) is 7.01. The molecule has 0 bridgehead atoms. The van der Waals surface area contributed by atoms with Crippen LogP contribution in [-0.4, -0.2) is 40.0 Å². The van der Waals surface area contributed by atoms with Gasteiger partial charge in [-0.1, -0.05) is 91.8 Å². The predicted molar refractivity (Wildman–Crippen MR) is 151 cm³/mol. The van der Waals surface area contributed by atoms with E-state index in [4.69, 9.17) is 0 Å². The second-order valence-corrected chi connectivity index (χ2v) is 7.91. The first-order valence-corrected chi connectivity index (χ1v) is 13.6. The largest absolute Gasteiger partial charge is 0.323 e. The maximum Gasteiger partial charge on any atom is 0.321 e. The fourth-order valence-electron chi connectivity index (χ4n) is 2.34. The third-order valence-electron chi connectivity index (χ3n) is 3.80. The van der Waals surface area contributed by atoms with Crippen molar-refractivity contribution in [2.75, 3.05) is 20.6 Å². The van der Waals surface area contributed by atoms with Crippen LogP contribution in [-0.2, 0) is 16.4 Å². The first-order chi connectivity index (χ1) is 16.2. The van der Waals surface area contributed by atoms with Crippen LogP contribution in [0.5, 0.6) is 0 Å². The summed E-state index contributed by atoms with van der Waals surface area (Å²) in [5, 5.41) is 2.65. The molecule has 2 N–H and O–H groups in total. The van der Waals surface area contributed by atoms with Crippen LogP contribution in [0.2, 0.25) is 0 Å².